The van der Waals surface area contributed by atoms with Crippen LogP contribution in [-0.4, -0.2) is 31.8 Å². The first kappa shape index (κ1) is 10.7. The predicted molar refractivity (Wildman–Crippen MR) is 47.1 cm³/mol. The molecule has 0 unspecified atom stereocenters. The molecule has 0 aromatic carbocycles. The standard InChI is InChI=1S/C8H14NO3/c1-4-11-7(9-3)6-8(10)12-5-2/h3-6H2,1-2H3/q+1. The summed E-state index contributed by atoms with van der Waals surface area (Å²) in [5, 5.41) is 0. The Kier molecular flexibility index (Phi) is 5.75. The molecule has 0 rings (SSSR count). The molecule has 0 aliphatic carbocycles. The van der Waals surface area contributed by atoms with Crippen LogP contribution in [0.5, 0.6) is 0 Å². The second-order valence-electron chi connectivity index (χ2n) is 1.97. The number of carbonyl (C=O) groups is 1. The quantitative estimate of drug-likeness (QED) is 0.262. The van der Waals surface area contributed by atoms with Gasteiger partial charge in [0, 0.05) is 0 Å². The zero-order valence-electron chi connectivity index (χ0n) is 7.50. The van der Waals surface area contributed by atoms with Gasteiger partial charge in [-0.1, -0.05) is 4.67 Å². The maximum Gasteiger partial charge on any atom is 0.472 e. The molecule has 0 atom stereocenters. The van der Waals surface area contributed by atoms with Crippen LogP contribution in [0.4, 0.5) is 0 Å². The Morgan fingerprint density at radius 2 is 1.92 bits per heavy atom. The van der Waals surface area contributed by atoms with Gasteiger partial charge in [-0.15, -0.1) is 0 Å². The molecule has 4 heteroatoms. The Hall–Kier alpha value is -1.28. The van der Waals surface area contributed by atoms with Crippen LogP contribution in [0.15, 0.2) is 0 Å². The van der Waals surface area contributed by atoms with E-state index in [4.69, 9.17) is 9.47 Å². The van der Waals surface area contributed by atoms with Crippen LogP contribution in [0.25, 0.3) is 0 Å². The van der Waals surface area contributed by atoms with Crippen LogP contribution in [-0.2, 0) is 14.3 Å². The van der Waals surface area contributed by atoms with Crippen molar-refractivity contribution in [3.05, 3.63) is 0 Å². The summed E-state index contributed by atoms with van der Waals surface area (Å²) in [7, 11) is 0. The van der Waals surface area contributed by atoms with Gasteiger partial charge in [0.2, 0.25) is 0 Å². The van der Waals surface area contributed by atoms with E-state index in [2.05, 4.69) is 11.4 Å². The molecule has 0 saturated carbocycles. The number of carbonyl (C=O) groups excluding carboxylic acids is 1. The Bertz CT molecular complexity index is 194. The van der Waals surface area contributed by atoms with Crippen LogP contribution in [0.1, 0.15) is 20.3 Å². The average Bonchev–Trinajstić information content (AvgIpc) is 2.04. The first-order chi connectivity index (χ1) is 5.74. The highest BCUT2D eigenvalue weighted by atomic mass is 16.5. The highest BCUT2D eigenvalue weighted by Crippen LogP contribution is 1.89. The number of nitrogens with zero attached hydrogens (tertiary/aromatic N) is 1. The Balaban J connectivity index is 3.87. The van der Waals surface area contributed by atoms with Crippen molar-refractivity contribution in [1.82, 2.24) is 4.67 Å². The minimum absolute atomic E-state index is 0.0607. The van der Waals surface area contributed by atoms with Gasteiger partial charge in [0.25, 0.3) is 6.72 Å². The lowest BCUT2D eigenvalue weighted by Gasteiger charge is -1.97. The summed E-state index contributed by atoms with van der Waals surface area (Å²) in [6.45, 7) is 7.69. The summed E-state index contributed by atoms with van der Waals surface area (Å²) in [6, 6.07) is 0. The third-order valence-corrected chi connectivity index (χ3v) is 1.09. The average molecular weight is 172 g/mol. The number of ether oxygens (including phenoxy) is 2. The van der Waals surface area contributed by atoms with Crippen molar-refractivity contribution >= 4 is 18.6 Å². The third kappa shape index (κ3) is 4.52. The van der Waals surface area contributed by atoms with Gasteiger partial charge in [0.1, 0.15) is 0 Å². The topological polar surface area (TPSA) is 49.6 Å². The first-order valence-electron chi connectivity index (χ1n) is 3.85. The summed E-state index contributed by atoms with van der Waals surface area (Å²) in [4.78, 5) is 10.9. The molecule has 0 bridgehead atoms. The summed E-state index contributed by atoms with van der Waals surface area (Å²) in [5.41, 5.74) is 0. The minimum atomic E-state index is -0.339. The molecular weight excluding hydrogens is 158 g/mol. The highest BCUT2D eigenvalue weighted by Gasteiger charge is 2.16. The lowest BCUT2D eigenvalue weighted by Crippen LogP contribution is -2.15. The molecule has 0 fully saturated rings. The van der Waals surface area contributed by atoms with E-state index in [0.29, 0.717) is 19.1 Å². The van der Waals surface area contributed by atoms with E-state index < -0.39 is 0 Å². The van der Waals surface area contributed by atoms with E-state index in [9.17, 15) is 4.79 Å². The molecule has 0 radical (unpaired) electrons. The smallest absolute Gasteiger partial charge is 0.465 e. The largest absolute Gasteiger partial charge is 0.472 e. The molecule has 12 heavy (non-hydrogen) atoms. The van der Waals surface area contributed by atoms with Crippen LogP contribution >= 0.6 is 0 Å². The van der Waals surface area contributed by atoms with Crippen molar-refractivity contribution in [3.63, 3.8) is 0 Å². The number of rotatable bonds is 4. The van der Waals surface area contributed by atoms with Crippen LogP contribution in [0, 0.1) is 0 Å². The van der Waals surface area contributed by atoms with E-state index in [1.165, 1.54) is 0 Å². The molecule has 0 aliphatic rings. The Morgan fingerprint density at radius 3 is 2.33 bits per heavy atom. The monoisotopic (exact) mass is 172 g/mol. The number of esters is 1. The zero-order chi connectivity index (χ0) is 9.40. The van der Waals surface area contributed by atoms with Gasteiger partial charge in [-0.2, -0.15) is 0 Å². The summed E-state index contributed by atoms with van der Waals surface area (Å²) >= 11 is 0. The Morgan fingerprint density at radius 1 is 1.33 bits per heavy atom. The minimum Gasteiger partial charge on any atom is -0.465 e. The van der Waals surface area contributed by atoms with Gasteiger partial charge < -0.3 is 9.47 Å². The fourth-order valence-corrected chi connectivity index (χ4v) is 0.655. The second-order valence-corrected chi connectivity index (χ2v) is 1.97. The van der Waals surface area contributed by atoms with Crippen molar-refractivity contribution in [1.29, 1.82) is 0 Å². The van der Waals surface area contributed by atoms with Crippen molar-refractivity contribution in [2.24, 2.45) is 0 Å². The summed E-state index contributed by atoms with van der Waals surface area (Å²) in [5.74, 6) is -0.0238. The van der Waals surface area contributed by atoms with Crippen LogP contribution in [0.3, 0.4) is 0 Å². The second kappa shape index (κ2) is 6.43. The van der Waals surface area contributed by atoms with E-state index >= 15 is 0 Å². The van der Waals surface area contributed by atoms with Gasteiger partial charge >= 0.3 is 11.9 Å². The van der Waals surface area contributed by atoms with E-state index in [1.54, 1.807) is 6.92 Å². The van der Waals surface area contributed by atoms with E-state index in [0.717, 1.165) is 0 Å². The summed E-state index contributed by atoms with van der Waals surface area (Å²) in [6.07, 6.45) is 0.0607. The zero-order valence-corrected chi connectivity index (χ0v) is 7.50. The van der Waals surface area contributed by atoms with Gasteiger partial charge in [0.15, 0.2) is 6.42 Å². The molecule has 68 valence electrons. The fourth-order valence-electron chi connectivity index (χ4n) is 0.655. The molecule has 0 spiro atoms. The molecule has 0 aromatic heterocycles. The third-order valence-electron chi connectivity index (χ3n) is 1.09. The maximum atomic E-state index is 10.9. The Labute approximate surface area is 71.9 Å². The lowest BCUT2D eigenvalue weighted by molar-refractivity contribution is -0.141. The number of hydrogen-bond donors (Lipinski definition) is 0. The van der Waals surface area contributed by atoms with Crippen molar-refractivity contribution in [3.8, 4) is 0 Å². The number of hydrogen-bond acceptors (Lipinski definition) is 3. The van der Waals surface area contributed by atoms with Gasteiger partial charge in [0.05, 0.1) is 13.2 Å². The lowest BCUT2D eigenvalue weighted by atomic mass is 10.4. The van der Waals surface area contributed by atoms with Crippen molar-refractivity contribution < 1.29 is 14.3 Å². The van der Waals surface area contributed by atoms with Gasteiger partial charge in [-0.25, -0.2) is 0 Å². The molecule has 0 aliphatic heterocycles. The molecule has 0 aromatic rings. The normalized spacial score (nSPS) is 8.50. The van der Waals surface area contributed by atoms with E-state index in [1.807, 2.05) is 6.92 Å². The molecular formula is C8H14NO3+. The SMILES string of the molecule is C=[N+]=C(CC(=O)OCC)OCC. The van der Waals surface area contributed by atoms with Gasteiger partial charge in [-0.05, 0) is 13.8 Å². The van der Waals surface area contributed by atoms with Crippen LogP contribution < -0.4 is 4.67 Å². The molecule has 0 N–H and O–H groups in total. The van der Waals surface area contributed by atoms with Crippen molar-refractivity contribution in [2.45, 2.75) is 20.3 Å². The van der Waals surface area contributed by atoms with E-state index in [-0.39, 0.29) is 12.4 Å². The highest BCUT2D eigenvalue weighted by molar-refractivity contribution is 5.94. The first-order valence-corrected chi connectivity index (χ1v) is 3.85. The molecule has 0 heterocycles. The fraction of sp³-hybridized carbons (Fsp3) is 0.625. The molecule has 0 amide bonds. The molecule has 4 nitrogen and oxygen atoms in total. The summed E-state index contributed by atoms with van der Waals surface area (Å²) < 4.78 is 13.2. The molecule has 0 saturated heterocycles. The van der Waals surface area contributed by atoms with Crippen LogP contribution in [0.2, 0.25) is 0 Å². The van der Waals surface area contributed by atoms with Gasteiger partial charge in [-0.3, -0.25) is 4.79 Å². The maximum absolute atomic E-state index is 10.9. The predicted octanol–water partition coefficient (Wildman–Crippen LogP) is 0.142. The van der Waals surface area contributed by atoms with Crippen molar-refractivity contribution in [2.75, 3.05) is 13.2 Å².